The van der Waals surface area contributed by atoms with Crippen LogP contribution >= 0.6 is 24.0 Å². The molecule has 0 aliphatic heterocycles. The molecule has 6 nitrogen and oxygen atoms in total. The summed E-state index contributed by atoms with van der Waals surface area (Å²) in [7, 11) is -1.23. The van der Waals surface area contributed by atoms with Crippen molar-refractivity contribution < 1.29 is 13.2 Å². The van der Waals surface area contributed by atoms with Crippen molar-refractivity contribution in [2.45, 2.75) is 53.2 Å². The number of rotatable bonds is 10. The Balaban J connectivity index is 0.00000729. The first-order valence-corrected chi connectivity index (χ1v) is 11.5. The van der Waals surface area contributed by atoms with E-state index in [0.29, 0.717) is 31.4 Å². The van der Waals surface area contributed by atoms with Crippen LogP contribution in [0, 0.1) is 12.8 Å². The second-order valence-electron chi connectivity index (χ2n) is 7.51. The Bertz CT molecular complexity index is 721. The molecule has 0 spiro atoms. The SMILES string of the molecule is CN=C(NCCCS(C)(=O)=O)NCc1ccc(C)cc1OC(C)CC(C)C.I. The van der Waals surface area contributed by atoms with E-state index in [1.807, 2.05) is 0 Å². The summed E-state index contributed by atoms with van der Waals surface area (Å²) < 4.78 is 28.5. The molecule has 0 amide bonds. The van der Waals surface area contributed by atoms with Crippen LogP contribution in [0.1, 0.15) is 44.7 Å². The Kier molecular flexibility index (Phi) is 12.8. The third-order valence-corrected chi connectivity index (χ3v) is 5.04. The molecular formula is C20H36IN3O3S. The summed E-state index contributed by atoms with van der Waals surface area (Å²) >= 11 is 0. The number of sulfone groups is 1. The average molecular weight is 525 g/mol. The second kappa shape index (κ2) is 13.2. The highest BCUT2D eigenvalue weighted by atomic mass is 127. The molecule has 1 aromatic carbocycles. The Hall–Kier alpha value is -1.03. The van der Waals surface area contributed by atoms with Gasteiger partial charge in [-0.2, -0.15) is 0 Å². The van der Waals surface area contributed by atoms with Gasteiger partial charge in [-0.25, -0.2) is 8.42 Å². The molecule has 1 aromatic rings. The molecule has 0 aliphatic carbocycles. The van der Waals surface area contributed by atoms with Gasteiger partial charge in [0.05, 0.1) is 11.9 Å². The van der Waals surface area contributed by atoms with E-state index < -0.39 is 9.84 Å². The molecule has 28 heavy (non-hydrogen) atoms. The Labute approximate surface area is 187 Å². The molecule has 0 aromatic heterocycles. The molecular weight excluding hydrogens is 489 g/mol. The first-order chi connectivity index (χ1) is 12.6. The molecule has 2 N–H and O–H groups in total. The van der Waals surface area contributed by atoms with Gasteiger partial charge in [0.1, 0.15) is 15.6 Å². The summed E-state index contributed by atoms with van der Waals surface area (Å²) in [5.74, 6) is 2.29. The maximum atomic E-state index is 11.2. The maximum absolute atomic E-state index is 11.2. The van der Waals surface area contributed by atoms with E-state index in [1.165, 1.54) is 6.26 Å². The molecule has 0 heterocycles. The predicted octanol–water partition coefficient (Wildman–Crippen LogP) is 3.53. The van der Waals surface area contributed by atoms with E-state index in [0.717, 1.165) is 23.3 Å². The number of nitrogens with zero attached hydrogens (tertiary/aromatic N) is 1. The largest absolute Gasteiger partial charge is 0.490 e. The van der Waals surface area contributed by atoms with Gasteiger partial charge in [0.2, 0.25) is 0 Å². The smallest absolute Gasteiger partial charge is 0.191 e. The summed E-state index contributed by atoms with van der Waals surface area (Å²) in [4.78, 5) is 4.19. The van der Waals surface area contributed by atoms with Gasteiger partial charge in [-0.05, 0) is 44.2 Å². The lowest BCUT2D eigenvalue weighted by atomic mass is 10.1. The van der Waals surface area contributed by atoms with Gasteiger partial charge in [0.25, 0.3) is 0 Å². The topological polar surface area (TPSA) is 79.8 Å². The van der Waals surface area contributed by atoms with Crippen molar-refractivity contribution in [3.8, 4) is 5.75 Å². The van der Waals surface area contributed by atoms with Crippen LogP contribution in [0.3, 0.4) is 0 Å². The lowest BCUT2D eigenvalue weighted by molar-refractivity contribution is 0.191. The number of benzene rings is 1. The molecule has 1 unspecified atom stereocenters. The third-order valence-electron chi connectivity index (χ3n) is 4.01. The first-order valence-electron chi connectivity index (χ1n) is 9.49. The van der Waals surface area contributed by atoms with Crippen molar-refractivity contribution >= 4 is 39.8 Å². The highest BCUT2D eigenvalue weighted by molar-refractivity contribution is 14.0. The summed E-state index contributed by atoms with van der Waals surface area (Å²) in [5, 5.41) is 6.41. The summed E-state index contributed by atoms with van der Waals surface area (Å²) in [6.45, 7) is 9.67. The molecule has 1 rings (SSSR count). The molecule has 0 aliphatic rings. The van der Waals surface area contributed by atoms with Gasteiger partial charge in [0.15, 0.2) is 5.96 Å². The van der Waals surface area contributed by atoms with Crippen molar-refractivity contribution in [2.75, 3.05) is 25.6 Å². The molecule has 0 saturated carbocycles. The zero-order valence-electron chi connectivity index (χ0n) is 17.9. The minimum absolute atomic E-state index is 0. The number of nitrogens with one attached hydrogen (secondary N) is 2. The predicted molar refractivity (Wildman–Crippen MR) is 129 cm³/mol. The summed E-state index contributed by atoms with van der Waals surface area (Å²) in [6, 6.07) is 6.20. The number of aryl methyl sites for hydroxylation is 1. The van der Waals surface area contributed by atoms with E-state index >= 15 is 0 Å². The monoisotopic (exact) mass is 525 g/mol. The van der Waals surface area contributed by atoms with Gasteiger partial charge in [-0.3, -0.25) is 4.99 Å². The minimum atomic E-state index is -2.93. The molecule has 0 bridgehead atoms. The number of guanidine groups is 1. The van der Waals surface area contributed by atoms with E-state index in [4.69, 9.17) is 4.74 Å². The van der Waals surface area contributed by atoms with Gasteiger partial charge < -0.3 is 15.4 Å². The molecule has 1 atom stereocenters. The second-order valence-corrected chi connectivity index (χ2v) is 9.76. The Morgan fingerprint density at radius 1 is 1.21 bits per heavy atom. The van der Waals surface area contributed by atoms with E-state index in [-0.39, 0.29) is 35.8 Å². The molecule has 8 heteroatoms. The standard InChI is InChI=1S/C20H35N3O3S.HI/c1-15(2)12-17(4)26-19-13-16(3)8-9-18(19)14-23-20(21-5)22-10-7-11-27(6,24)25;/h8-9,13,15,17H,7,10-12,14H2,1-6H3,(H2,21,22,23);1H. The van der Waals surface area contributed by atoms with Crippen LogP contribution in [0.4, 0.5) is 0 Å². The fraction of sp³-hybridized carbons (Fsp3) is 0.650. The minimum Gasteiger partial charge on any atom is -0.490 e. The quantitative estimate of drug-likeness (QED) is 0.212. The zero-order valence-corrected chi connectivity index (χ0v) is 21.1. The van der Waals surface area contributed by atoms with Gasteiger partial charge in [0, 0.05) is 32.0 Å². The lowest BCUT2D eigenvalue weighted by Gasteiger charge is -2.20. The van der Waals surface area contributed by atoms with Crippen molar-refractivity contribution in [1.82, 2.24) is 10.6 Å². The molecule has 0 saturated heterocycles. The van der Waals surface area contributed by atoms with Crippen LogP contribution in [0.25, 0.3) is 0 Å². The number of aliphatic imine (C=N–C) groups is 1. The summed E-state index contributed by atoms with van der Waals surface area (Å²) in [6.07, 6.45) is 2.95. The highest BCUT2D eigenvalue weighted by Crippen LogP contribution is 2.23. The van der Waals surface area contributed by atoms with Crippen LogP contribution in [0.5, 0.6) is 5.75 Å². The fourth-order valence-electron chi connectivity index (χ4n) is 2.79. The van der Waals surface area contributed by atoms with Crippen molar-refractivity contribution in [2.24, 2.45) is 10.9 Å². The third kappa shape index (κ3) is 11.7. The van der Waals surface area contributed by atoms with Crippen LogP contribution in [0.15, 0.2) is 23.2 Å². The van der Waals surface area contributed by atoms with E-state index in [1.54, 1.807) is 7.05 Å². The fourth-order valence-corrected chi connectivity index (χ4v) is 3.46. The van der Waals surface area contributed by atoms with E-state index in [2.05, 4.69) is 61.5 Å². The molecule has 0 radical (unpaired) electrons. The lowest BCUT2D eigenvalue weighted by Crippen LogP contribution is -2.37. The Morgan fingerprint density at radius 3 is 2.46 bits per heavy atom. The van der Waals surface area contributed by atoms with Crippen LogP contribution in [-0.4, -0.2) is 46.1 Å². The van der Waals surface area contributed by atoms with Crippen LogP contribution in [0.2, 0.25) is 0 Å². The maximum Gasteiger partial charge on any atom is 0.191 e. The highest BCUT2D eigenvalue weighted by Gasteiger charge is 2.11. The average Bonchev–Trinajstić information content (AvgIpc) is 2.54. The van der Waals surface area contributed by atoms with E-state index in [9.17, 15) is 8.42 Å². The van der Waals surface area contributed by atoms with Crippen molar-refractivity contribution in [1.29, 1.82) is 0 Å². The van der Waals surface area contributed by atoms with Crippen molar-refractivity contribution in [3.05, 3.63) is 29.3 Å². The number of hydrogen-bond acceptors (Lipinski definition) is 4. The molecule has 0 fully saturated rings. The van der Waals surface area contributed by atoms with Crippen LogP contribution in [-0.2, 0) is 16.4 Å². The first kappa shape index (κ1) is 27.0. The molecule has 162 valence electrons. The van der Waals surface area contributed by atoms with Gasteiger partial charge in [-0.15, -0.1) is 24.0 Å². The summed E-state index contributed by atoms with van der Waals surface area (Å²) in [5.41, 5.74) is 2.23. The van der Waals surface area contributed by atoms with Gasteiger partial charge >= 0.3 is 0 Å². The Morgan fingerprint density at radius 2 is 1.89 bits per heavy atom. The normalized spacial score (nSPS) is 13.0. The number of halogens is 1. The van der Waals surface area contributed by atoms with Crippen molar-refractivity contribution in [3.63, 3.8) is 0 Å². The zero-order chi connectivity index (χ0) is 20.4. The van der Waals surface area contributed by atoms with Crippen LogP contribution < -0.4 is 15.4 Å². The van der Waals surface area contributed by atoms with Gasteiger partial charge in [-0.1, -0.05) is 26.0 Å². The number of ether oxygens (including phenoxy) is 1. The number of hydrogen-bond donors (Lipinski definition) is 2.